The van der Waals surface area contributed by atoms with E-state index in [0.29, 0.717) is 5.56 Å². The SMILES string of the molecule is CN(C(=O)c1cccc(S(=O)(=O)NC2CCCC2)c1)c1ccccc1. The minimum atomic E-state index is -3.61. The summed E-state index contributed by atoms with van der Waals surface area (Å²) in [5.74, 6) is -0.246. The van der Waals surface area contributed by atoms with Gasteiger partial charge in [-0.05, 0) is 43.2 Å². The Labute approximate surface area is 148 Å². The number of anilines is 1. The van der Waals surface area contributed by atoms with Crippen LogP contribution in [0.1, 0.15) is 36.0 Å². The minimum absolute atomic E-state index is 0.00338. The molecule has 5 nitrogen and oxygen atoms in total. The van der Waals surface area contributed by atoms with Crippen molar-refractivity contribution in [2.75, 3.05) is 11.9 Å². The molecule has 1 aliphatic carbocycles. The van der Waals surface area contributed by atoms with Crippen molar-refractivity contribution in [1.29, 1.82) is 0 Å². The molecule has 1 N–H and O–H groups in total. The molecule has 1 aliphatic rings. The first kappa shape index (κ1) is 17.6. The Kier molecular flexibility index (Phi) is 5.20. The van der Waals surface area contributed by atoms with Gasteiger partial charge in [-0.1, -0.05) is 37.1 Å². The molecule has 1 saturated carbocycles. The van der Waals surface area contributed by atoms with Gasteiger partial charge < -0.3 is 4.90 Å². The third-order valence-corrected chi connectivity index (χ3v) is 6.03. The first-order valence-corrected chi connectivity index (χ1v) is 9.91. The Bertz CT molecular complexity index is 844. The van der Waals surface area contributed by atoms with Gasteiger partial charge in [0.05, 0.1) is 4.90 Å². The lowest BCUT2D eigenvalue weighted by Crippen LogP contribution is -2.33. The summed E-state index contributed by atoms with van der Waals surface area (Å²) in [4.78, 5) is 14.3. The summed E-state index contributed by atoms with van der Waals surface area (Å²) in [5, 5.41) is 0. The molecule has 3 rings (SSSR count). The van der Waals surface area contributed by atoms with Crippen LogP contribution in [0.2, 0.25) is 0 Å². The number of benzene rings is 2. The van der Waals surface area contributed by atoms with E-state index in [1.165, 1.54) is 17.0 Å². The van der Waals surface area contributed by atoms with Crippen LogP contribution in [0, 0.1) is 0 Å². The third kappa shape index (κ3) is 4.08. The van der Waals surface area contributed by atoms with Crippen LogP contribution in [0.5, 0.6) is 0 Å². The fourth-order valence-electron chi connectivity index (χ4n) is 3.09. The van der Waals surface area contributed by atoms with E-state index >= 15 is 0 Å². The molecule has 2 aromatic carbocycles. The number of sulfonamides is 1. The number of rotatable bonds is 5. The maximum Gasteiger partial charge on any atom is 0.258 e. The first-order valence-electron chi connectivity index (χ1n) is 8.43. The van der Waals surface area contributed by atoms with Gasteiger partial charge in [-0.2, -0.15) is 0 Å². The molecule has 6 heteroatoms. The highest BCUT2D eigenvalue weighted by Gasteiger charge is 2.24. The smallest absolute Gasteiger partial charge is 0.258 e. The number of para-hydroxylation sites is 1. The summed E-state index contributed by atoms with van der Waals surface area (Å²) in [5.41, 5.74) is 1.10. The molecule has 132 valence electrons. The van der Waals surface area contributed by atoms with Gasteiger partial charge in [-0.15, -0.1) is 0 Å². The molecule has 0 aliphatic heterocycles. The lowest BCUT2D eigenvalue weighted by molar-refractivity contribution is 0.0993. The standard InChI is InChI=1S/C19H22N2O3S/c1-21(17-11-3-2-4-12-17)19(22)15-8-7-13-18(14-15)25(23,24)20-16-9-5-6-10-16/h2-4,7-8,11-14,16,20H,5-6,9-10H2,1H3. The summed E-state index contributed by atoms with van der Waals surface area (Å²) in [6.45, 7) is 0. The van der Waals surface area contributed by atoms with Gasteiger partial charge in [0.25, 0.3) is 5.91 Å². The average Bonchev–Trinajstić information content (AvgIpc) is 3.13. The van der Waals surface area contributed by atoms with E-state index in [9.17, 15) is 13.2 Å². The molecule has 0 heterocycles. The van der Waals surface area contributed by atoms with E-state index in [2.05, 4.69) is 4.72 Å². The van der Waals surface area contributed by atoms with Gasteiger partial charge in [0.15, 0.2) is 0 Å². The van der Waals surface area contributed by atoms with Crippen LogP contribution in [0.3, 0.4) is 0 Å². The molecule has 0 aromatic heterocycles. The summed E-state index contributed by atoms with van der Waals surface area (Å²) in [7, 11) is -1.93. The lowest BCUT2D eigenvalue weighted by Gasteiger charge is -2.18. The normalized spacial score (nSPS) is 15.2. The van der Waals surface area contributed by atoms with E-state index in [1.807, 2.05) is 30.3 Å². The summed E-state index contributed by atoms with van der Waals surface area (Å²) < 4.78 is 27.9. The van der Waals surface area contributed by atoms with Crippen molar-refractivity contribution in [3.63, 3.8) is 0 Å². The quantitative estimate of drug-likeness (QED) is 0.893. The third-order valence-electron chi connectivity index (χ3n) is 4.52. The summed E-state index contributed by atoms with van der Waals surface area (Å²) in [6, 6.07) is 15.5. The van der Waals surface area contributed by atoms with Crippen LogP contribution in [0.25, 0.3) is 0 Å². The van der Waals surface area contributed by atoms with E-state index in [1.54, 1.807) is 19.2 Å². The van der Waals surface area contributed by atoms with E-state index in [4.69, 9.17) is 0 Å². The van der Waals surface area contributed by atoms with Crippen LogP contribution >= 0.6 is 0 Å². The van der Waals surface area contributed by atoms with Gasteiger partial charge >= 0.3 is 0 Å². The highest BCUT2D eigenvalue weighted by molar-refractivity contribution is 7.89. The van der Waals surface area contributed by atoms with Crippen LogP contribution < -0.4 is 9.62 Å². The summed E-state index contributed by atoms with van der Waals surface area (Å²) >= 11 is 0. The topological polar surface area (TPSA) is 66.5 Å². The lowest BCUT2D eigenvalue weighted by atomic mass is 10.2. The van der Waals surface area contributed by atoms with Crippen molar-refractivity contribution in [3.05, 3.63) is 60.2 Å². The van der Waals surface area contributed by atoms with E-state index < -0.39 is 10.0 Å². The Morgan fingerprint density at radius 1 is 1.04 bits per heavy atom. The number of hydrogen-bond donors (Lipinski definition) is 1. The van der Waals surface area contributed by atoms with E-state index in [0.717, 1.165) is 31.4 Å². The van der Waals surface area contributed by atoms with Crippen molar-refractivity contribution < 1.29 is 13.2 Å². The zero-order valence-electron chi connectivity index (χ0n) is 14.2. The predicted molar refractivity (Wildman–Crippen MR) is 98.2 cm³/mol. The number of amides is 1. The van der Waals surface area contributed by atoms with Crippen LogP contribution in [0.15, 0.2) is 59.5 Å². The monoisotopic (exact) mass is 358 g/mol. The average molecular weight is 358 g/mol. The largest absolute Gasteiger partial charge is 0.311 e. The maximum atomic E-state index is 12.7. The number of hydrogen-bond acceptors (Lipinski definition) is 3. The van der Waals surface area contributed by atoms with Gasteiger partial charge in [0.2, 0.25) is 10.0 Å². The molecule has 0 unspecified atom stereocenters. The molecule has 2 aromatic rings. The number of carbonyl (C=O) groups excluding carboxylic acids is 1. The predicted octanol–water partition coefficient (Wildman–Crippen LogP) is 3.18. The zero-order valence-corrected chi connectivity index (χ0v) is 15.0. The number of nitrogens with zero attached hydrogens (tertiary/aromatic N) is 1. The second-order valence-electron chi connectivity index (χ2n) is 6.33. The molecule has 1 fully saturated rings. The van der Waals surface area contributed by atoms with Gasteiger partial charge in [-0.25, -0.2) is 13.1 Å². The summed E-state index contributed by atoms with van der Waals surface area (Å²) in [6.07, 6.45) is 3.84. The Morgan fingerprint density at radius 3 is 2.40 bits per heavy atom. The van der Waals surface area contributed by atoms with Gasteiger partial charge in [0, 0.05) is 24.3 Å². The van der Waals surface area contributed by atoms with Crippen LogP contribution in [-0.4, -0.2) is 27.4 Å². The molecule has 0 atom stereocenters. The van der Waals surface area contributed by atoms with Crippen molar-refractivity contribution >= 4 is 21.6 Å². The fraction of sp³-hybridized carbons (Fsp3) is 0.316. The van der Waals surface area contributed by atoms with Crippen molar-refractivity contribution in [2.24, 2.45) is 0 Å². The van der Waals surface area contributed by atoms with Crippen LogP contribution in [0.4, 0.5) is 5.69 Å². The fourth-order valence-corrected chi connectivity index (χ4v) is 4.44. The highest BCUT2D eigenvalue weighted by atomic mass is 32.2. The second kappa shape index (κ2) is 7.37. The molecular weight excluding hydrogens is 336 g/mol. The maximum absolute atomic E-state index is 12.7. The van der Waals surface area contributed by atoms with E-state index in [-0.39, 0.29) is 16.8 Å². The Balaban J connectivity index is 1.82. The number of nitrogens with one attached hydrogen (secondary N) is 1. The van der Waals surface area contributed by atoms with Crippen molar-refractivity contribution in [3.8, 4) is 0 Å². The minimum Gasteiger partial charge on any atom is -0.311 e. The molecule has 0 saturated heterocycles. The van der Waals surface area contributed by atoms with Gasteiger partial charge in [0.1, 0.15) is 0 Å². The van der Waals surface area contributed by atoms with Gasteiger partial charge in [-0.3, -0.25) is 4.79 Å². The number of carbonyl (C=O) groups is 1. The molecule has 0 radical (unpaired) electrons. The van der Waals surface area contributed by atoms with Crippen molar-refractivity contribution in [1.82, 2.24) is 4.72 Å². The highest BCUT2D eigenvalue weighted by Crippen LogP contribution is 2.21. The molecule has 0 spiro atoms. The first-order chi connectivity index (χ1) is 12.0. The Hall–Kier alpha value is -2.18. The molecule has 1 amide bonds. The van der Waals surface area contributed by atoms with Crippen molar-refractivity contribution in [2.45, 2.75) is 36.6 Å². The Morgan fingerprint density at radius 2 is 1.72 bits per heavy atom. The zero-order chi connectivity index (χ0) is 17.9. The van der Waals surface area contributed by atoms with Crippen LogP contribution in [-0.2, 0) is 10.0 Å². The second-order valence-corrected chi connectivity index (χ2v) is 8.04. The molecule has 25 heavy (non-hydrogen) atoms. The molecular formula is C19H22N2O3S. The molecule has 0 bridgehead atoms.